The van der Waals surface area contributed by atoms with Crippen LogP contribution in [0.3, 0.4) is 0 Å². The van der Waals surface area contributed by atoms with Crippen LogP contribution in [0, 0.1) is 5.92 Å². The Morgan fingerprint density at radius 3 is 2.74 bits per heavy atom. The Hall–Kier alpha value is -1.95. The molecule has 2 aliphatic rings. The van der Waals surface area contributed by atoms with Gasteiger partial charge >= 0.3 is 0 Å². The van der Waals surface area contributed by atoms with Crippen molar-refractivity contribution in [2.75, 3.05) is 19.7 Å². The molecule has 2 aromatic heterocycles. The van der Waals surface area contributed by atoms with Crippen molar-refractivity contribution in [2.24, 2.45) is 5.92 Å². The third kappa shape index (κ3) is 3.88. The van der Waals surface area contributed by atoms with Crippen LogP contribution in [0.4, 0.5) is 0 Å². The van der Waals surface area contributed by atoms with Crippen LogP contribution in [0.1, 0.15) is 43.0 Å². The number of nitrogens with zero attached hydrogens (tertiary/aromatic N) is 4. The number of rotatable bonds is 6. The number of hydrogen-bond acceptors (Lipinski definition) is 6. The van der Waals surface area contributed by atoms with Gasteiger partial charge in [-0.2, -0.15) is 0 Å². The molecule has 3 heterocycles. The second-order valence-corrected chi connectivity index (χ2v) is 6.57. The quantitative estimate of drug-likeness (QED) is 0.816. The number of oxazole rings is 1. The van der Waals surface area contributed by atoms with E-state index in [9.17, 15) is 0 Å². The molecule has 1 aliphatic heterocycles. The molecule has 1 saturated heterocycles. The van der Waals surface area contributed by atoms with E-state index < -0.39 is 0 Å². The van der Waals surface area contributed by atoms with E-state index in [4.69, 9.17) is 9.15 Å². The monoisotopic (exact) mass is 314 g/mol. The van der Waals surface area contributed by atoms with Crippen LogP contribution in [0.25, 0.3) is 0 Å². The molecular formula is C17H22N4O2. The average Bonchev–Trinajstić information content (AvgIpc) is 3.33. The molecule has 23 heavy (non-hydrogen) atoms. The fourth-order valence-electron chi connectivity index (χ4n) is 3.09. The number of ether oxygens (including phenoxy) is 1. The third-order valence-corrected chi connectivity index (χ3v) is 4.70. The standard InChI is InChI=1S/C17H22N4O2/c1-2-14(1)16-7-17(19-11-18-16)23-9-13-3-5-21(6-4-13)8-15-10-22-12-20-15/h7,10-14H,1-6,8-9H2. The maximum Gasteiger partial charge on any atom is 0.216 e. The summed E-state index contributed by atoms with van der Waals surface area (Å²) in [7, 11) is 0. The molecule has 0 aromatic carbocycles. The Morgan fingerprint density at radius 1 is 1.13 bits per heavy atom. The first-order valence-corrected chi connectivity index (χ1v) is 8.41. The summed E-state index contributed by atoms with van der Waals surface area (Å²) in [5.74, 6) is 1.97. The highest BCUT2D eigenvalue weighted by molar-refractivity contribution is 5.20. The molecule has 6 heteroatoms. The Labute approximate surface area is 135 Å². The van der Waals surface area contributed by atoms with E-state index >= 15 is 0 Å². The van der Waals surface area contributed by atoms with Crippen LogP contribution in [-0.2, 0) is 6.54 Å². The minimum atomic E-state index is 0.600. The first-order valence-electron chi connectivity index (χ1n) is 8.41. The van der Waals surface area contributed by atoms with Crippen LogP contribution in [0.5, 0.6) is 5.88 Å². The fraction of sp³-hybridized carbons (Fsp3) is 0.588. The van der Waals surface area contributed by atoms with Crippen molar-refractivity contribution >= 4 is 0 Å². The Kier molecular flexibility index (Phi) is 4.24. The lowest BCUT2D eigenvalue weighted by Gasteiger charge is -2.31. The van der Waals surface area contributed by atoms with Gasteiger partial charge in [-0.05, 0) is 44.7 Å². The lowest BCUT2D eigenvalue weighted by Crippen LogP contribution is -2.35. The summed E-state index contributed by atoms with van der Waals surface area (Å²) in [6.07, 6.45) is 9.65. The molecule has 0 atom stereocenters. The summed E-state index contributed by atoms with van der Waals surface area (Å²) in [5.41, 5.74) is 2.14. The Bertz CT molecular complexity index is 619. The van der Waals surface area contributed by atoms with Gasteiger partial charge in [0.25, 0.3) is 0 Å². The maximum absolute atomic E-state index is 5.91. The van der Waals surface area contributed by atoms with Gasteiger partial charge in [-0.25, -0.2) is 15.0 Å². The largest absolute Gasteiger partial charge is 0.477 e. The zero-order valence-corrected chi connectivity index (χ0v) is 13.2. The molecule has 1 saturated carbocycles. The van der Waals surface area contributed by atoms with E-state index in [2.05, 4.69) is 19.9 Å². The first kappa shape index (κ1) is 14.6. The van der Waals surface area contributed by atoms with Gasteiger partial charge in [-0.3, -0.25) is 4.90 Å². The second kappa shape index (κ2) is 6.66. The normalized spacial score (nSPS) is 19.8. The van der Waals surface area contributed by atoms with Crippen LogP contribution in [-0.4, -0.2) is 39.5 Å². The molecule has 2 fully saturated rings. The highest BCUT2D eigenvalue weighted by Crippen LogP contribution is 2.39. The van der Waals surface area contributed by atoms with E-state index in [-0.39, 0.29) is 0 Å². The zero-order chi connectivity index (χ0) is 15.5. The van der Waals surface area contributed by atoms with Gasteiger partial charge in [0.2, 0.25) is 5.88 Å². The van der Waals surface area contributed by atoms with Gasteiger partial charge in [0, 0.05) is 18.5 Å². The topological polar surface area (TPSA) is 64.3 Å². The van der Waals surface area contributed by atoms with Gasteiger partial charge in [0.15, 0.2) is 6.39 Å². The van der Waals surface area contributed by atoms with Gasteiger partial charge in [-0.1, -0.05) is 0 Å². The van der Waals surface area contributed by atoms with Crippen LogP contribution in [0.15, 0.2) is 29.5 Å². The number of likely N-dealkylation sites (tertiary alicyclic amines) is 1. The predicted octanol–water partition coefficient (Wildman–Crippen LogP) is 2.63. The van der Waals surface area contributed by atoms with Crippen LogP contribution >= 0.6 is 0 Å². The molecule has 2 aromatic rings. The molecule has 0 bridgehead atoms. The summed E-state index contributed by atoms with van der Waals surface area (Å²) in [6.45, 7) is 3.79. The number of hydrogen-bond donors (Lipinski definition) is 0. The lowest BCUT2D eigenvalue weighted by molar-refractivity contribution is 0.133. The molecule has 122 valence electrons. The van der Waals surface area contributed by atoms with Crippen molar-refractivity contribution in [1.29, 1.82) is 0 Å². The average molecular weight is 314 g/mol. The van der Waals surface area contributed by atoms with Crippen molar-refractivity contribution in [3.63, 3.8) is 0 Å². The summed E-state index contributed by atoms with van der Waals surface area (Å²) in [4.78, 5) is 15.2. The molecule has 6 nitrogen and oxygen atoms in total. The smallest absolute Gasteiger partial charge is 0.216 e. The van der Waals surface area contributed by atoms with Crippen LogP contribution < -0.4 is 4.74 Å². The molecule has 4 rings (SSSR count). The van der Waals surface area contributed by atoms with E-state index in [1.807, 2.05) is 6.07 Å². The van der Waals surface area contributed by atoms with Crippen molar-refractivity contribution in [3.8, 4) is 5.88 Å². The fourth-order valence-corrected chi connectivity index (χ4v) is 3.09. The summed E-state index contributed by atoms with van der Waals surface area (Å²) in [5, 5.41) is 0. The van der Waals surface area contributed by atoms with Crippen LogP contribution in [0.2, 0.25) is 0 Å². The van der Waals surface area contributed by atoms with Crippen molar-refractivity contribution in [3.05, 3.63) is 36.4 Å². The van der Waals surface area contributed by atoms with E-state index in [0.29, 0.717) is 11.8 Å². The predicted molar refractivity (Wildman–Crippen MR) is 84.0 cm³/mol. The van der Waals surface area contributed by atoms with Crippen molar-refractivity contribution in [1.82, 2.24) is 19.9 Å². The maximum atomic E-state index is 5.91. The molecular weight excluding hydrogens is 292 g/mol. The molecule has 0 spiro atoms. The molecule has 1 aliphatic carbocycles. The molecule has 0 amide bonds. The third-order valence-electron chi connectivity index (χ3n) is 4.70. The molecule has 0 unspecified atom stereocenters. The van der Waals surface area contributed by atoms with E-state index in [0.717, 1.165) is 56.4 Å². The SMILES string of the molecule is c1nc(OCC2CCN(Cc3cocn3)CC2)cc(C2CC2)n1. The number of piperidine rings is 1. The van der Waals surface area contributed by atoms with Gasteiger partial charge in [0.05, 0.1) is 18.0 Å². The minimum Gasteiger partial charge on any atom is -0.477 e. The number of aromatic nitrogens is 3. The second-order valence-electron chi connectivity index (χ2n) is 6.57. The van der Waals surface area contributed by atoms with E-state index in [1.54, 1.807) is 12.6 Å². The van der Waals surface area contributed by atoms with E-state index in [1.165, 1.54) is 19.2 Å². The van der Waals surface area contributed by atoms with Gasteiger partial charge in [-0.15, -0.1) is 0 Å². The summed E-state index contributed by atoms with van der Waals surface area (Å²) in [6, 6.07) is 2.01. The summed E-state index contributed by atoms with van der Waals surface area (Å²) < 4.78 is 10.9. The highest BCUT2D eigenvalue weighted by Gasteiger charge is 2.26. The Balaban J connectivity index is 1.22. The van der Waals surface area contributed by atoms with Gasteiger partial charge in [0.1, 0.15) is 12.6 Å². The first-order chi connectivity index (χ1) is 11.4. The molecule has 0 radical (unpaired) electrons. The van der Waals surface area contributed by atoms with Gasteiger partial charge < -0.3 is 9.15 Å². The van der Waals surface area contributed by atoms with Crippen molar-refractivity contribution in [2.45, 2.75) is 38.1 Å². The lowest BCUT2D eigenvalue weighted by atomic mass is 9.98. The minimum absolute atomic E-state index is 0.600. The Morgan fingerprint density at radius 2 is 2.00 bits per heavy atom. The molecule has 0 N–H and O–H groups in total. The summed E-state index contributed by atoms with van der Waals surface area (Å²) >= 11 is 0. The highest BCUT2D eigenvalue weighted by atomic mass is 16.5. The van der Waals surface area contributed by atoms with Crippen molar-refractivity contribution < 1.29 is 9.15 Å². The zero-order valence-electron chi connectivity index (χ0n) is 13.2.